The summed E-state index contributed by atoms with van der Waals surface area (Å²) >= 11 is 0. The lowest BCUT2D eigenvalue weighted by molar-refractivity contribution is 0.0953. The van der Waals surface area contributed by atoms with Gasteiger partial charge in [0.2, 0.25) is 0 Å². The van der Waals surface area contributed by atoms with Crippen LogP contribution < -0.4 is 5.32 Å². The van der Waals surface area contributed by atoms with Gasteiger partial charge in [0.15, 0.2) is 0 Å². The van der Waals surface area contributed by atoms with Crippen LogP contribution in [-0.4, -0.2) is 22.0 Å². The number of carbonyl (C=O) groups is 1. The van der Waals surface area contributed by atoms with Crippen LogP contribution in [0.2, 0.25) is 0 Å². The molecule has 22 heavy (non-hydrogen) atoms. The lowest BCUT2D eigenvalue weighted by Crippen LogP contribution is -2.25. The Labute approximate surface area is 129 Å². The summed E-state index contributed by atoms with van der Waals surface area (Å²) < 4.78 is 2.17. The molecule has 2 heterocycles. The van der Waals surface area contributed by atoms with E-state index in [0.717, 1.165) is 49.3 Å². The minimum atomic E-state index is -0.255. The minimum absolute atomic E-state index is 0.00576. The van der Waals surface area contributed by atoms with Crippen LogP contribution >= 0.6 is 0 Å². The van der Waals surface area contributed by atoms with E-state index in [1.165, 1.54) is 0 Å². The van der Waals surface area contributed by atoms with E-state index in [1.54, 1.807) is 0 Å². The number of rotatable bonds is 3. The van der Waals surface area contributed by atoms with E-state index in [0.29, 0.717) is 5.69 Å². The van der Waals surface area contributed by atoms with Crippen molar-refractivity contribution in [1.29, 1.82) is 5.26 Å². The van der Waals surface area contributed by atoms with Crippen LogP contribution in [0.4, 0.5) is 0 Å². The highest BCUT2D eigenvalue weighted by molar-refractivity contribution is 5.94. The molecule has 0 radical (unpaired) electrons. The molecule has 0 bridgehead atoms. The van der Waals surface area contributed by atoms with Gasteiger partial charge in [0, 0.05) is 12.1 Å². The van der Waals surface area contributed by atoms with Gasteiger partial charge < -0.3 is 9.88 Å². The molecular formula is C17H18N4O. The summed E-state index contributed by atoms with van der Waals surface area (Å²) in [6.45, 7) is 0.893. The topological polar surface area (TPSA) is 70.7 Å². The maximum atomic E-state index is 12.3. The quantitative estimate of drug-likeness (QED) is 0.884. The van der Waals surface area contributed by atoms with Crippen molar-refractivity contribution in [2.24, 2.45) is 0 Å². The Morgan fingerprint density at radius 1 is 1.27 bits per heavy atom. The lowest BCUT2D eigenvalue weighted by Gasteiger charge is -2.08. The van der Waals surface area contributed by atoms with Crippen LogP contribution in [0, 0.1) is 11.3 Å². The van der Waals surface area contributed by atoms with E-state index in [-0.39, 0.29) is 12.5 Å². The number of aromatic nitrogens is 2. The normalized spacial score (nSPS) is 13.8. The highest BCUT2D eigenvalue weighted by atomic mass is 16.1. The molecule has 1 N–H and O–H groups in total. The Hall–Kier alpha value is -2.61. The van der Waals surface area contributed by atoms with E-state index in [9.17, 15) is 4.79 Å². The molecule has 0 atom stereocenters. The van der Waals surface area contributed by atoms with Gasteiger partial charge in [-0.15, -0.1) is 0 Å². The van der Waals surface area contributed by atoms with E-state index < -0.39 is 0 Å². The van der Waals surface area contributed by atoms with Crippen LogP contribution in [0.3, 0.4) is 0 Å². The monoisotopic (exact) mass is 294 g/mol. The molecule has 5 heteroatoms. The zero-order valence-corrected chi connectivity index (χ0v) is 12.4. The van der Waals surface area contributed by atoms with Crippen molar-refractivity contribution in [1.82, 2.24) is 14.9 Å². The third kappa shape index (κ3) is 2.73. The predicted octanol–water partition coefficient (Wildman–Crippen LogP) is 2.53. The Bertz CT molecular complexity index is 712. The second-order valence-electron chi connectivity index (χ2n) is 5.40. The molecule has 0 spiro atoms. The zero-order chi connectivity index (χ0) is 15.4. The van der Waals surface area contributed by atoms with Gasteiger partial charge in [0.1, 0.15) is 18.1 Å². The van der Waals surface area contributed by atoms with E-state index in [1.807, 2.05) is 36.4 Å². The van der Waals surface area contributed by atoms with Crippen molar-refractivity contribution in [2.45, 2.75) is 32.2 Å². The zero-order valence-electron chi connectivity index (χ0n) is 12.4. The third-order valence-electron chi connectivity index (χ3n) is 3.94. The van der Waals surface area contributed by atoms with E-state index >= 15 is 0 Å². The predicted molar refractivity (Wildman–Crippen MR) is 83.2 cm³/mol. The molecule has 0 saturated heterocycles. The molecule has 0 aliphatic carbocycles. The molecule has 1 aliphatic rings. The van der Waals surface area contributed by atoms with Gasteiger partial charge in [0.25, 0.3) is 5.91 Å². The molecule has 2 aromatic rings. The number of benzene rings is 1. The maximum Gasteiger partial charge on any atom is 0.272 e. The summed E-state index contributed by atoms with van der Waals surface area (Å²) in [4.78, 5) is 16.9. The maximum absolute atomic E-state index is 12.3. The second-order valence-corrected chi connectivity index (χ2v) is 5.40. The van der Waals surface area contributed by atoms with Crippen molar-refractivity contribution in [3.8, 4) is 17.5 Å². The van der Waals surface area contributed by atoms with Gasteiger partial charge in [-0.1, -0.05) is 36.8 Å². The molecule has 1 aliphatic heterocycles. The highest BCUT2D eigenvalue weighted by Gasteiger charge is 2.23. The van der Waals surface area contributed by atoms with Gasteiger partial charge in [0.05, 0.1) is 11.8 Å². The third-order valence-corrected chi connectivity index (χ3v) is 3.94. The average Bonchev–Trinajstić information content (AvgIpc) is 2.75. The first-order chi connectivity index (χ1) is 10.8. The van der Waals surface area contributed by atoms with Gasteiger partial charge in [-0.2, -0.15) is 5.26 Å². The molecule has 5 nitrogen and oxygen atoms in total. The first-order valence-electron chi connectivity index (χ1n) is 7.61. The highest BCUT2D eigenvalue weighted by Crippen LogP contribution is 2.27. The van der Waals surface area contributed by atoms with E-state index in [2.05, 4.69) is 14.9 Å². The van der Waals surface area contributed by atoms with Gasteiger partial charge >= 0.3 is 0 Å². The van der Waals surface area contributed by atoms with Gasteiger partial charge in [-0.05, 0) is 19.3 Å². The number of carbonyl (C=O) groups excluding carboxylic acids is 1. The fourth-order valence-corrected chi connectivity index (χ4v) is 2.91. The number of nitriles is 1. The standard InChI is InChI=1S/C17H18N4O/c18-10-11-19-17(22)15-14-9-5-2-6-12-21(14)16(20-15)13-7-3-1-4-8-13/h1,3-4,7-8H,2,5-6,9,11-12H2,(H,19,22). The number of imidazole rings is 1. The number of nitrogens with one attached hydrogen (secondary N) is 1. The number of hydrogen-bond donors (Lipinski definition) is 1. The first-order valence-corrected chi connectivity index (χ1v) is 7.61. The first kappa shape index (κ1) is 14.3. The van der Waals surface area contributed by atoms with Crippen molar-refractivity contribution < 1.29 is 4.79 Å². The van der Waals surface area contributed by atoms with Crippen LogP contribution in [0.5, 0.6) is 0 Å². The van der Waals surface area contributed by atoms with Crippen LogP contribution in [0.15, 0.2) is 30.3 Å². The summed E-state index contributed by atoms with van der Waals surface area (Å²) in [5.41, 5.74) is 2.48. The number of nitrogens with zero attached hydrogens (tertiary/aromatic N) is 3. The lowest BCUT2D eigenvalue weighted by atomic mass is 10.1. The second kappa shape index (κ2) is 6.44. The summed E-state index contributed by atoms with van der Waals surface area (Å²) in [6.07, 6.45) is 4.19. The molecule has 0 saturated carbocycles. The molecule has 1 amide bonds. The van der Waals surface area contributed by atoms with Crippen molar-refractivity contribution in [2.75, 3.05) is 6.54 Å². The van der Waals surface area contributed by atoms with E-state index in [4.69, 9.17) is 5.26 Å². The molecule has 112 valence electrons. The summed E-state index contributed by atoms with van der Waals surface area (Å²) in [6, 6.07) is 11.9. The van der Waals surface area contributed by atoms with Crippen molar-refractivity contribution in [3.63, 3.8) is 0 Å². The van der Waals surface area contributed by atoms with Crippen LogP contribution in [0.25, 0.3) is 11.4 Å². The molecular weight excluding hydrogens is 276 g/mol. The van der Waals surface area contributed by atoms with Crippen LogP contribution in [0.1, 0.15) is 35.4 Å². The van der Waals surface area contributed by atoms with Gasteiger partial charge in [-0.25, -0.2) is 4.98 Å². The molecule has 1 aromatic carbocycles. The number of hydrogen-bond acceptors (Lipinski definition) is 3. The van der Waals surface area contributed by atoms with Crippen molar-refractivity contribution in [3.05, 3.63) is 41.7 Å². The Morgan fingerprint density at radius 3 is 2.86 bits per heavy atom. The Kier molecular flexibility index (Phi) is 4.19. The Morgan fingerprint density at radius 2 is 2.09 bits per heavy atom. The van der Waals surface area contributed by atoms with Crippen LogP contribution in [-0.2, 0) is 13.0 Å². The summed E-state index contributed by atoms with van der Waals surface area (Å²) in [5, 5.41) is 11.2. The fourth-order valence-electron chi connectivity index (χ4n) is 2.91. The van der Waals surface area contributed by atoms with Crippen molar-refractivity contribution >= 4 is 5.91 Å². The average molecular weight is 294 g/mol. The largest absolute Gasteiger partial charge is 0.338 e. The Balaban J connectivity index is 2.06. The summed E-state index contributed by atoms with van der Waals surface area (Å²) in [7, 11) is 0. The minimum Gasteiger partial charge on any atom is -0.338 e. The van der Waals surface area contributed by atoms with Gasteiger partial charge in [-0.3, -0.25) is 4.79 Å². The fraction of sp³-hybridized carbons (Fsp3) is 0.353. The molecule has 3 rings (SSSR count). The smallest absolute Gasteiger partial charge is 0.272 e. The SMILES string of the molecule is N#CCNC(=O)c1nc(-c2ccccc2)n2c1CCCCC2. The molecule has 0 fully saturated rings. The number of amides is 1. The molecule has 1 aromatic heterocycles. The number of fused-ring (bicyclic) bond motifs is 1. The molecule has 0 unspecified atom stereocenters. The summed E-state index contributed by atoms with van der Waals surface area (Å²) in [5.74, 6) is 0.592.